The lowest BCUT2D eigenvalue weighted by Gasteiger charge is -2.60. The summed E-state index contributed by atoms with van der Waals surface area (Å²) in [6, 6.07) is 0. The van der Waals surface area contributed by atoms with Crippen molar-refractivity contribution in [2.45, 2.75) is 75.0 Å². The van der Waals surface area contributed by atoms with Crippen molar-refractivity contribution in [1.29, 1.82) is 0 Å². The molecule has 0 amide bonds. The van der Waals surface area contributed by atoms with Crippen LogP contribution in [0.5, 0.6) is 0 Å². The van der Waals surface area contributed by atoms with E-state index in [1.807, 2.05) is 6.92 Å². The molecule has 0 bridgehead atoms. The van der Waals surface area contributed by atoms with Gasteiger partial charge >= 0.3 is 5.97 Å². The Balaban J connectivity index is 2.16. The minimum atomic E-state index is -0.462. The molecule has 3 nitrogen and oxygen atoms in total. The first kappa shape index (κ1) is 18.2. The van der Waals surface area contributed by atoms with Crippen LogP contribution in [-0.4, -0.2) is 33.5 Å². The molecule has 0 aromatic heterocycles. The summed E-state index contributed by atoms with van der Waals surface area (Å²) in [6.45, 7) is 10.0. The summed E-state index contributed by atoms with van der Waals surface area (Å²) >= 11 is 14.3. The molecule has 0 aromatic rings. The molecule has 23 heavy (non-hydrogen) atoms. The zero-order valence-electron chi connectivity index (χ0n) is 14.1. The van der Waals surface area contributed by atoms with Gasteiger partial charge in [-0.3, -0.25) is 4.79 Å². The Hall–Kier alpha value is 0.420. The summed E-state index contributed by atoms with van der Waals surface area (Å²) in [4.78, 5) is 11.5. The molecule has 6 heteroatoms. The number of halogens is 3. The Morgan fingerprint density at radius 2 is 1.96 bits per heavy atom. The van der Waals surface area contributed by atoms with Crippen molar-refractivity contribution in [3.05, 3.63) is 10.6 Å². The van der Waals surface area contributed by atoms with E-state index in [1.165, 1.54) is 6.92 Å². The molecule has 1 aliphatic heterocycles. The van der Waals surface area contributed by atoms with E-state index >= 15 is 0 Å². The SMILES string of the molecule is CC(=O)OC1CC(C)(Cl)C(Br)CC12C(C)(C)C(Br)=CC1OC12C. The second-order valence-corrected chi connectivity index (χ2v) is 10.8. The molecule has 1 spiro atoms. The maximum absolute atomic E-state index is 11.8. The average Bonchev–Trinajstić information content (AvgIpc) is 3.03. The Morgan fingerprint density at radius 3 is 2.52 bits per heavy atom. The Labute approximate surface area is 159 Å². The highest BCUT2D eigenvalue weighted by Gasteiger charge is 2.77. The van der Waals surface area contributed by atoms with Crippen LogP contribution < -0.4 is 0 Å². The number of fused-ring (bicyclic) bond motifs is 2. The molecule has 0 radical (unpaired) electrons. The van der Waals surface area contributed by atoms with Crippen molar-refractivity contribution in [2.24, 2.45) is 10.8 Å². The lowest BCUT2D eigenvalue weighted by Crippen LogP contribution is -2.65. The lowest BCUT2D eigenvalue weighted by atomic mass is 9.48. The van der Waals surface area contributed by atoms with Crippen molar-refractivity contribution in [1.82, 2.24) is 0 Å². The molecule has 6 unspecified atom stereocenters. The van der Waals surface area contributed by atoms with Gasteiger partial charge in [-0.15, -0.1) is 11.6 Å². The van der Waals surface area contributed by atoms with E-state index in [4.69, 9.17) is 21.1 Å². The highest BCUT2D eigenvalue weighted by Crippen LogP contribution is 2.72. The fourth-order valence-corrected chi connectivity index (χ4v) is 6.28. The van der Waals surface area contributed by atoms with Gasteiger partial charge in [0.05, 0.1) is 4.87 Å². The summed E-state index contributed by atoms with van der Waals surface area (Å²) in [7, 11) is 0. The van der Waals surface area contributed by atoms with Crippen LogP contribution in [0.25, 0.3) is 0 Å². The molecule has 2 fully saturated rings. The maximum atomic E-state index is 11.8. The summed E-state index contributed by atoms with van der Waals surface area (Å²) in [6.07, 6.45) is 3.30. The van der Waals surface area contributed by atoms with Gasteiger partial charge in [0.2, 0.25) is 0 Å². The molecule has 1 saturated carbocycles. The van der Waals surface area contributed by atoms with E-state index in [9.17, 15) is 4.79 Å². The normalized spacial score (nSPS) is 51.0. The molecule has 0 N–H and O–H groups in total. The number of alkyl halides is 2. The number of carbonyl (C=O) groups is 1. The van der Waals surface area contributed by atoms with Crippen molar-refractivity contribution in [3.8, 4) is 0 Å². The molecular weight excluding hydrogens is 447 g/mol. The minimum absolute atomic E-state index is 0.0577. The van der Waals surface area contributed by atoms with Gasteiger partial charge in [-0.25, -0.2) is 0 Å². The maximum Gasteiger partial charge on any atom is 0.302 e. The standard InChI is InChI=1S/C17H23Br2ClO3/c1-9(21)22-13-8-15(4,20)11(19)7-17(13)14(2,3)10(18)6-12-16(17,5)23-12/h6,11-13H,7-8H2,1-5H3. The van der Waals surface area contributed by atoms with Gasteiger partial charge in [0.15, 0.2) is 0 Å². The largest absolute Gasteiger partial charge is 0.462 e. The molecule has 2 aliphatic carbocycles. The van der Waals surface area contributed by atoms with Crippen molar-refractivity contribution in [3.63, 3.8) is 0 Å². The third kappa shape index (κ3) is 2.32. The third-order valence-electron chi connectivity index (χ3n) is 6.35. The first-order valence-electron chi connectivity index (χ1n) is 7.94. The van der Waals surface area contributed by atoms with Crippen LogP contribution in [0, 0.1) is 10.8 Å². The number of rotatable bonds is 1. The lowest BCUT2D eigenvalue weighted by molar-refractivity contribution is -0.176. The van der Waals surface area contributed by atoms with Crippen molar-refractivity contribution >= 4 is 49.4 Å². The monoisotopic (exact) mass is 468 g/mol. The van der Waals surface area contributed by atoms with Crippen LogP contribution in [0.1, 0.15) is 47.5 Å². The van der Waals surface area contributed by atoms with Gasteiger partial charge in [0, 0.05) is 33.5 Å². The molecule has 3 aliphatic rings. The van der Waals surface area contributed by atoms with Gasteiger partial charge in [-0.2, -0.15) is 0 Å². The predicted molar refractivity (Wildman–Crippen MR) is 98.3 cm³/mol. The number of hydrogen-bond donors (Lipinski definition) is 0. The Kier molecular flexibility index (Phi) is 4.13. The molecule has 1 heterocycles. The fourth-order valence-electron chi connectivity index (χ4n) is 4.77. The Bertz CT molecular complexity index is 588. The van der Waals surface area contributed by atoms with E-state index in [1.54, 1.807) is 0 Å². The highest BCUT2D eigenvalue weighted by molar-refractivity contribution is 9.11. The fraction of sp³-hybridized carbons (Fsp3) is 0.824. The van der Waals surface area contributed by atoms with Crippen LogP contribution in [0.15, 0.2) is 10.6 Å². The molecule has 3 rings (SSSR count). The number of carbonyl (C=O) groups excluding carboxylic acids is 1. The smallest absolute Gasteiger partial charge is 0.302 e. The number of esters is 1. The average molecular weight is 471 g/mol. The first-order chi connectivity index (χ1) is 10.4. The zero-order valence-corrected chi connectivity index (χ0v) is 18.0. The number of hydrogen-bond acceptors (Lipinski definition) is 3. The van der Waals surface area contributed by atoms with E-state index in [0.29, 0.717) is 6.42 Å². The number of epoxide rings is 1. The van der Waals surface area contributed by atoms with Gasteiger partial charge in [-0.05, 0) is 26.3 Å². The highest BCUT2D eigenvalue weighted by atomic mass is 79.9. The van der Waals surface area contributed by atoms with Crippen LogP contribution in [-0.2, 0) is 14.3 Å². The second-order valence-electron chi connectivity index (χ2n) is 8.01. The van der Waals surface area contributed by atoms with Gasteiger partial charge < -0.3 is 9.47 Å². The summed E-state index contributed by atoms with van der Waals surface area (Å²) in [5.41, 5.74) is -0.909. The summed E-state index contributed by atoms with van der Waals surface area (Å²) in [5.74, 6) is -0.267. The third-order valence-corrected chi connectivity index (χ3v) is 9.62. The van der Waals surface area contributed by atoms with E-state index < -0.39 is 4.87 Å². The van der Waals surface area contributed by atoms with Crippen LogP contribution >= 0.6 is 43.5 Å². The molecular formula is C17H23Br2ClO3. The van der Waals surface area contributed by atoms with Crippen LogP contribution in [0.4, 0.5) is 0 Å². The molecule has 6 atom stereocenters. The number of allylic oxidation sites excluding steroid dienone is 1. The molecule has 1 saturated heterocycles. The topological polar surface area (TPSA) is 38.8 Å². The van der Waals surface area contributed by atoms with Crippen molar-refractivity contribution in [2.75, 3.05) is 0 Å². The van der Waals surface area contributed by atoms with E-state index in [-0.39, 0.29) is 39.4 Å². The van der Waals surface area contributed by atoms with Crippen LogP contribution in [0.2, 0.25) is 0 Å². The van der Waals surface area contributed by atoms with Gasteiger partial charge in [-0.1, -0.05) is 45.7 Å². The summed E-state index contributed by atoms with van der Waals surface area (Å²) in [5, 5.41) is 0. The van der Waals surface area contributed by atoms with E-state index in [2.05, 4.69) is 58.7 Å². The summed E-state index contributed by atoms with van der Waals surface area (Å²) < 4.78 is 13.1. The van der Waals surface area contributed by atoms with E-state index in [0.717, 1.165) is 10.9 Å². The van der Waals surface area contributed by atoms with Gasteiger partial charge in [0.25, 0.3) is 0 Å². The van der Waals surface area contributed by atoms with Crippen molar-refractivity contribution < 1.29 is 14.3 Å². The second kappa shape index (κ2) is 5.21. The predicted octanol–water partition coefficient (Wildman–Crippen LogP) is 4.94. The quantitative estimate of drug-likeness (QED) is 0.310. The molecule has 0 aromatic carbocycles. The Morgan fingerprint density at radius 1 is 1.35 bits per heavy atom. The number of ether oxygens (including phenoxy) is 2. The minimum Gasteiger partial charge on any atom is -0.462 e. The molecule has 130 valence electrons. The first-order valence-corrected chi connectivity index (χ1v) is 10.0. The zero-order chi connectivity index (χ0) is 17.4. The van der Waals surface area contributed by atoms with Gasteiger partial charge in [0.1, 0.15) is 17.8 Å². The van der Waals surface area contributed by atoms with Crippen LogP contribution in [0.3, 0.4) is 0 Å².